The second-order valence-corrected chi connectivity index (χ2v) is 5.08. The molecule has 0 heterocycles. The average molecular weight is 256 g/mol. The van der Waals surface area contributed by atoms with Crippen LogP contribution in [-0.2, 0) is 0 Å². The van der Waals surface area contributed by atoms with Crippen LogP contribution in [-0.4, -0.2) is 13.7 Å². The van der Waals surface area contributed by atoms with Crippen LogP contribution in [0, 0.1) is 5.92 Å². The molecule has 0 spiro atoms. The summed E-state index contributed by atoms with van der Waals surface area (Å²) < 4.78 is 5.17. The van der Waals surface area contributed by atoms with Crippen molar-refractivity contribution < 1.29 is 4.74 Å². The van der Waals surface area contributed by atoms with Crippen molar-refractivity contribution in [2.75, 3.05) is 13.7 Å². The fraction of sp³-hybridized carbons (Fsp3) is 0.571. The van der Waals surface area contributed by atoms with Crippen LogP contribution in [0.5, 0.6) is 5.75 Å². The summed E-state index contributed by atoms with van der Waals surface area (Å²) in [5.41, 5.74) is 6.86. The Balaban J connectivity index is 2.90. The molecule has 1 aromatic rings. The van der Waals surface area contributed by atoms with E-state index in [1.54, 1.807) is 7.11 Å². The second kappa shape index (κ2) is 6.87. The van der Waals surface area contributed by atoms with E-state index in [0.717, 1.165) is 25.1 Å². The van der Waals surface area contributed by atoms with Crippen LogP contribution in [0.2, 0.25) is 5.02 Å². The average Bonchev–Trinajstić information content (AvgIpc) is 2.29. The molecular weight excluding hydrogens is 234 g/mol. The molecule has 1 unspecified atom stereocenters. The van der Waals surface area contributed by atoms with Crippen molar-refractivity contribution in [3.63, 3.8) is 0 Å². The van der Waals surface area contributed by atoms with Crippen molar-refractivity contribution in [1.82, 2.24) is 0 Å². The summed E-state index contributed by atoms with van der Waals surface area (Å²) in [7, 11) is 1.63. The summed E-state index contributed by atoms with van der Waals surface area (Å²) in [5.74, 6) is 1.84. The first-order chi connectivity index (χ1) is 8.10. The second-order valence-electron chi connectivity index (χ2n) is 4.68. The summed E-state index contributed by atoms with van der Waals surface area (Å²) in [5, 5.41) is 0.684. The lowest BCUT2D eigenvalue weighted by molar-refractivity contribution is 0.413. The molecule has 0 aliphatic heterocycles. The predicted octanol–water partition coefficient (Wildman–Crippen LogP) is 3.83. The molecule has 0 fully saturated rings. The molecule has 1 aromatic carbocycles. The zero-order chi connectivity index (χ0) is 12.8. The lowest BCUT2D eigenvalue weighted by Crippen LogP contribution is -2.10. The van der Waals surface area contributed by atoms with Crippen LogP contribution < -0.4 is 10.5 Å². The van der Waals surface area contributed by atoms with Gasteiger partial charge in [-0.3, -0.25) is 0 Å². The van der Waals surface area contributed by atoms with Gasteiger partial charge in [-0.25, -0.2) is 0 Å². The molecule has 0 aliphatic rings. The van der Waals surface area contributed by atoms with Crippen LogP contribution in [0.1, 0.15) is 38.2 Å². The zero-order valence-electron chi connectivity index (χ0n) is 10.9. The Hall–Kier alpha value is -0.730. The van der Waals surface area contributed by atoms with Crippen molar-refractivity contribution in [2.24, 2.45) is 11.7 Å². The Morgan fingerprint density at radius 2 is 2.06 bits per heavy atom. The van der Waals surface area contributed by atoms with E-state index in [4.69, 9.17) is 22.1 Å². The number of rotatable bonds is 6. The Bertz CT molecular complexity index is 352. The third-order valence-corrected chi connectivity index (χ3v) is 3.42. The third-order valence-electron chi connectivity index (χ3n) is 3.13. The summed E-state index contributed by atoms with van der Waals surface area (Å²) in [4.78, 5) is 0. The van der Waals surface area contributed by atoms with Crippen molar-refractivity contribution in [2.45, 2.75) is 32.6 Å². The largest absolute Gasteiger partial charge is 0.495 e. The minimum absolute atomic E-state index is 0.516. The number of ether oxygens (including phenoxy) is 1. The first-order valence-electron chi connectivity index (χ1n) is 6.13. The highest BCUT2D eigenvalue weighted by molar-refractivity contribution is 6.32. The lowest BCUT2D eigenvalue weighted by Gasteiger charge is -2.21. The van der Waals surface area contributed by atoms with Crippen molar-refractivity contribution in [1.29, 1.82) is 0 Å². The van der Waals surface area contributed by atoms with Crippen LogP contribution in [0.3, 0.4) is 0 Å². The number of halogens is 1. The van der Waals surface area contributed by atoms with Crippen LogP contribution >= 0.6 is 11.6 Å². The minimum Gasteiger partial charge on any atom is -0.495 e. The van der Waals surface area contributed by atoms with Crippen molar-refractivity contribution >= 4 is 11.6 Å². The normalized spacial score (nSPS) is 12.8. The van der Waals surface area contributed by atoms with Crippen LogP contribution in [0.4, 0.5) is 0 Å². The van der Waals surface area contributed by atoms with E-state index >= 15 is 0 Å². The maximum Gasteiger partial charge on any atom is 0.137 e. The van der Waals surface area contributed by atoms with Gasteiger partial charge in [0.2, 0.25) is 0 Å². The van der Waals surface area contributed by atoms with Gasteiger partial charge in [-0.15, -0.1) is 0 Å². The van der Waals surface area contributed by atoms with Gasteiger partial charge >= 0.3 is 0 Å². The molecule has 2 nitrogen and oxygen atoms in total. The van der Waals surface area contributed by atoms with Gasteiger partial charge in [0.05, 0.1) is 12.1 Å². The molecule has 96 valence electrons. The molecule has 1 atom stereocenters. The Morgan fingerprint density at radius 3 is 2.53 bits per heavy atom. The van der Waals surface area contributed by atoms with Gasteiger partial charge in [-0.1, -0.05) is 31.5 Å². The summed E-state index contributed by atoms with van der Waals surface area (Å²) >= 11 is 6.16. The number of methoxy groups -OCH3 is 1. The van der Waals surface area contributed by atoms with Gasteiger partial charge in [0.15, 0.2) is 0 Å². The monoisotopic (exact) mass is 255 g/mol. The molecule has 0 amide bonds. The fourth-order valence-corrected chi connectivity index (χ4v) is 2.40. The Labute approximate surface area is 109 Å². The minimum atomic E-state index is 0.516. The highest BCUT2D eigenvalue weighted by Gasteiger charge is 2.16. The van der Waals surface area contributed by atoms with E-state index < -0.39 is 0 Å². The van der Waals surface area contributed by atoms with E-state index in [1.807, 2.05) is 12.1 Å². The van der Waals surface area contributed by atoms with Gasteiger partial charge in [-0.2, -0.15) is 0 Å². The van der Waals surface area contributed by atoms with Crippen molar-refractivity contribution in [3.05, 3.63) is 28.8 Å². The summed E-state index contributed by atoms with van der Waals surface area (Å²) in [6, 6.07) is 6.06. The van der Waals surface area contributed by atoms with E-state index in [2.05, 4.69) is 19.9 Å². The summed E-state index contributed by atoms with van der Waals surface area (Å²) in [6.07, 6.45) is 2.16. The highest BCUT2D eigenvalue weighted by Crippen LogP contribution is 2.33. The topological polar surface area (TPSA) is 35.2 Å². The number of hydrogen-bond acceptors (Lipinski definition) is 2. The van der Waals surface area contributed by atoms with E-state index in [0.29, 0.717) is 16.9 Å². The standard InChI is InChI=1S/C14H22ClNO/c1-10(2)12(5-4-8-16)11-6-7-14(17-3)13(15)9-11/h6-7,9-10,12H,4-5,8,16H2,1-3H3. The Morgan fingerprint density at radius 1 is 1.35 bits per heavy atom. The lowest BCUT2D eigenvalue weighted by atomic mass is 9.85. The number of hydrogen-bond donors (Lipinski definition) is 1. The number of nitrogens with two attached hydrogens (primary N) is 1. The maximum atomic E-state index is 6.16. The third kappa shape index (κ3) is 3.90. The quantitative estimate of drug-likeness (QED) is 0.839. The molecule has 17 heavy (non-hydrogen) atoms. The van der Waals surface area contributed by atoms with Crippen LogP contribution in [0.25, 0.3) is 0 Å². The van der Waals surface area contributed by atoms with Gasteiger partial charge < -0.3 is 10.5 Å². The van der Waals surface area contributed by atoms with Gasteiger partial charge in [0, 0.05) is 0 Å². The fourth-order valence-electron chi connectivity index (χ4n) is 2.14. The highest BCUT2D eigenvalue weighted by atomic mass is 35.5. The van der Waals surface area contributed by atoms with Crippen molar-refractivity contribution in [3.8, 4) is 5.75 Å². The summed E-state index contributed by atoms with van der Waals surface area (Å²) in [6.45, 7) is 5.21. The molecule has 0 saturated heterocycles. The molecule has 0 aliphatic carbocycles. The zero-order valence-corrected chi connectivity index (χ0v) is 11.6. The molecule has 0 radical (unpaired) electrons. The molecule has 2 N–H and O–H groups in total. The van der Waals surface area contributed by atoms with E-state index in [1.165, 1.54) is 5.56 Å². The molecule has 0 bridgehead atoms. The molecule has 3 heteroatoms. The first kappa shape index (κ1) is 14.3. The SMILES string of the molecule is COc1ccc(C(CCCN)C(C)C)cc1Cl. The molecular formula is C14H22ClNO. The smallest absolute Gasteiger partial charge is 0.137 e. The van der Waals surface area contributed by atoms with Gasteiger partial charge in [-0.05, 0) is 48.9 Å². The first-order valence-corrected chi connectivity index (χ1v) is 6.51. The van der Waals surface area contributed by atoms with Gasteiger partial charge in [0.25, 0.3) is 0 Å². The molecule has 1 rings (SSSR count). The van der Waals surface area contributed by atoms with Gasteiger partial charge in [0.1, 0.15) is 5.75 Å². The van der Waals surface area contributed by atoms with E-state index in [9.17, 15) is 0 Å². The number of benzene rings is 1. The molecule has 0 saturated carbocycles. The van der Waals surface area contributed by atoms with Crippen LogP contribution in [0.15, 0.2) is 18.2 Å². The Kier molecular flexibility index (Phi) is 5.79. The van der Waals surface area contributed by atoms with E-state index in [-0.39, 0.29) is 0 Å². The molecule has 0 aromatic heterocycles. The maximum absolute atomic E-state index is 6.16. The predicted molar refractivity (Wildman–Crippen MR) is 73.9 cm³/mol.